The van der Waals surface area contributed by atoms with Crippen LogP contribution in [0.2, 0.25) is 0 Å². The molecule has 1 rings (SSSR count). The highest BCUT2D eigenvalue weighted by atomic mass is 16.3. The molecule has 2 N–H and O–H groups in total. The Morgan fingerprint density at radius 2 is 2.16 bits per heavy atom. The minimum absolute atomic E-state index is 0.0382. The van der Waals surface area contributed by atoms with Gasteiger partial charge in [-0.1, -0.05) is 13.3 Å². The Kier molecular flexibility index (Phi) is 7.09. The van der Waals surface area contributed by atoms with Gasteiger partial charge in [0, 0.05) is 25.6 Å². The highest BCUT2D eigenvalue weighted by molar-refractivity contribution is 5.91. The van der Waals surface area contributed by atoms with E-state index in [0.717, 1.165) is 12.8 Å². The minimum atomic E-state index is -0.238. The fraction of sp³-hybridized carbons (Fsp3) is 0.429. The number of nitrogens with one attached hydrogen (secondary N) is 2. The molecule has 0 saturated carbocycles. The normalized spacial score (nSPS) is 10.6. The smallest absolute Gasteiger partial charge is 0.244 e. The van der Waals surface area contributed by atoms with Gasteiger partial charge in [-0.05, 0) is 24.6 Å². The Labute approximate surface area is 113 Å². The Morgan fingerprint density at radius 1 is 1.32 bits per heavy atom. The van der Waals surface area contributed by atoms with Crippen molar-refractivity contribution in [1.82, 2.24) is 10.6 Å². The third-order valence-electron chi connectivity index (χ3n) is 2.45. The molecular weight excluding hydrogens is 244 g/mol. The Bertz CT molecular complexity index is 410. The lowest BCUT2D eigenvalue weighted by Gasteiger charge is -2.04. The molecule has 0 aliphatic carbocycles. The lowest BCUT2D eigenvalue weighted by molar-refractivity contribution is -0.121. The first kappa shape index (κ1) is 15.0. The molecule has 104 valence electrons. The second kappa shape index (κ2) is 8.97. The molecule has 5 heteroatoms. The second-order valence-electron chi connectivity index (χ2n) is 4.09. The SMILES string of the molecule is CCCCNC(=O)CCNC(=O)C=Cc1ccco1. The van der Waals surface area contributed by atoms with E-state index in [9.17, 15) is 9.59 Å². The van der Waals surface area contributed by atoms with Crippen LogP contribution in [0.15, 0.2) is 28.9 Å². The summed E-state index contributed by atoms with van der Waals surface area (Å²) in [5.74, 6) is 0.342. The van der Waals surface area contributed by atoms with E-state index in [-0.39, 0.29) is 11.8 Å². The zero-order chi connectivity index (χ0) is 13.9. The summed E-state index contributed by atoms with van der Waals surface area (Å²) in [7, 11) is 0. The maximum atomic E-state index is 11.4. The van der Waals surface area contributed by atoms with Crippen molar-refractivity contribution in [2.75, 3.05) is 13.1 Å². The number of carbonyl (C=O) groups is 2. The van der Waals surface area contributed by atoms with Gasteiger partial charge >= 0.3 is 0 Å². The average molecular weight is 264 g/mol. The van der Waals surface area contributed by atoms with Crippen molar-refractivity contribution in [1.29, 1.82) is 0 Å². The summed E-state index contributed by atoms with van der Waals surface area (Å²) in [5, 5.41) is 5.43. The number of unbranched alkanes of at least 4 members (excludes halogenated alkanes) is 1. The molecule has 2 amide bonds. The maximum Gasteiger partial charge on any atom is 0.244 e. The number of amides is 2. The van der Waals surface area contributed by atoms with Gasteiger partial charge in [-0.3, -0.25) is 9.59 Å². The first-order valence-corrected chi connectivity index (χ1v) is 6.48. The van der Waals surface area contributed by atoms with Crippen LogP contribution in [0, 0.1) is 0 Å². The van der Waals surface area contributed by atoms with Crippen molar-refractivity contribution in [2.24, 2.45) is 0 Å². The molecule has 0 bridgehead atoms. The van der Waals surface area contributed by atoms with Crippen LogP contribution in [0.3, 0.4) is 0 Å². The molecule has 0 unspecified atom stereocenters. The molecule has 1 aromatic rings. The van der Waals surface area contributed by atoms with Gasteiger partial charge in [0.05, 0.1) is 6.26 Å². The second-order valence-corrected chi connectivity index (χ2v) is 4.09. The van der Waals surface area contributed by atoms with E-state index < -0.39 is 0 Å². The monoisotopic (exact) mass is 264 g/mol. The van der Waals surface area contributed by atoms with Crippen LogP contribution in [0.1, 0.15) is 31.9 Å². The van der Waals surface area contributed by atoms with Crippen LogP contribution in [0.5, 0.6) is 0 Å². The first-order chi connectivity index (χ1) is 9.22. The summed E-state index contributed by atoms with van der Waals surface area (Å²) in [6, 6.07) is 3.50. The summed E-state index contributed by atoms with van der Waals surface area (Å²) in [4.78, 5) is 22.8. The zero-order valence-corrected chi connectivity index (χ0v) is 11.1. The van der Waals surface area contributed by atoms with Crippen molar-refractivity contribution >= 4 is 17.9 Å². The van der Waals surface area contributed by atoms with Crippen LogP contribution in [0.25, 0.3) is 6.08 Å². The van der Waals surface area contributed by atoms with E-state index in [4.69, 9.17) is 4.42 Å². The Hall–Kier alpha value is -2.04. The number of furan rings is 1. The van der Waals surface area contributed by atoms with E-state index in [0.29, 0.717) is 25.3 Å². The quantitative estimate of drug-likeness (QED) is 0.554. The van der Waals surface area contributed by atoms with Crippen LogP contribution >= 0.6 is 0 Å². The number of hydrogen-bond donors (Lipinski definition) is 2. The van der Waals surface area contributed by atoms with Crippen molar-refractivity contribution in [3.8, 4) is 0 Å². The van der Waals surface area contributed by atoms with Gasteiger partial charge < -0.3 is 15.1 Å². The molecule has 0 aliphatic heterocycles. The summed E-state index contributed by atoms with van der Waals surface area (Å²) >= 11 is 0. The fourth-order valence-electron chi connectivity index (χ4n) is 1.40. The van der Waals surface area contributed by atoms with Crippen LogP contribution in [0.4, 0.5) is 0 Å². The molecule has 0 aromatic carbocycles. The Balaban J connectivity index is 2.11. The third-order valence-corrected chi connectivity index (χ3v) is 2.45. The Morgan fingerprint density at radius 3 is 2.84 bits per heavy atom. The van der Waals surface area contributed by atoms with Crippen LogP contribution in [-0.2, 0) is 9.59 Å². The van der Waals surface area contributed by atoms with Gasteiger partial charge in [0.15, 0.2) is 0 Å². The third kappa shape index (κ3) is 7.08. The molecule has 0 spiro atoms. The summed E-state index contributed by atoms with van der Waals surface area (Å²) < 4.78 is 5.05. The van der Waals surface area contributed by atoms with Gasteiger partial charge in [0.2, 0.25) is 11.8 Å². The molecule has 0 fully saturated rings. The molecule has 0 atom stereocenters. The minimum Gasteiger partial charge on any atom is -0.465 e. The molecule has 5 nitrogen and oxygen atoms in total. The van der Waals surface area contributed by atoms with Gasteiger partial charge in [0.1, 0.15) is 5.76 Å². The van der Waals surface area contributed by atoms with Crippen molar-refractivity contribution < 1.29 is 14.0 Å². The van der Waals surface area contributed by atoms with Gasteiger partial charge in [0.25, 0.3) is 0 Å². The van der Waals surface area contributed by atoms with Gasteiger partial charge in [-0.15, -0.1) is 0 Å². The predicted molar refractivity (Wildman–Crippen MR) is 73.3 cm³/mol. The maximum absolute atomic E-state index is 11.4. The van der Waals surface area contributed by atoms with Gasteiger partial charge in [-0.2, -0.15) is 0 Å². The fourth-order valence-corrected chi connectivity index (χ4v) is 1.40. The highest BCUT2D eigenvalue weighted by Gasteiger charge is 2.01. The van der Waals surface area contributed by atoms with Crippen LogP contribution < -0.4 is 10.6 Å². The van der Waals surface area contributed by atoms with Crippen molar-refractivity contribution in [3.05, 3.63) is 30.2 Å². The average Bonchev–Trinajstić information content (AvgIpc) is 2.90. The van der Waals surface area contributed by atoms with Crippen molar-refractivity contribution in [3.63, 3.8) is 0 Å². The van der Waals surface area contributed by atoms with E-state index >= 15 is 0 Å². The molecule has 1 aromatic heterocycles. The topological polar surface area (TPSA) is 71.3 Å². The zero-order valence-electron chi connectivity index (χ0n) is 11.1. The largest absolute Gasteiger partial charge is 0.465 e. The lowest BCUT2D eigenvalue weighted by Crippen LogP contribution is -2.30. The van der Waals surface area contributed by atoms with E-state index in [1.165, 1.54) is 12.3 Å². The molecule has 19 heavy (non-hydrogen) atoms. The molecule has 0 saturated heterocycles. The highest BCUT2D eigenvalue weighted by Crippen LogP contribution is 2.01. The molecule has 0 radical (unpaired) electrons. The van der Waals surface area contributed by atoms with E-state index in [1.807, 2.05) is 0 Å². The van der Waals surface area contributed by atoms with E-state index in [2.05, 4.69) is 17.6 Å². The molecular formula is C14H20N2O3. The first-order valence-electron chi connectivity index (χ1n) is 6.48. The van der Waals surface area contributed by atoms with Crippen molar-refractivity contribution in [2.45, 2.75) is 26.2 Å². The number of rotatable bonds is 8. The summed E-state index contributed by atoms with van der Waals surface area (Å²) in [6.45, 7) is 3.10. The standard InChI is InChI=1S/C14H20N2O3/c1-2-3-9-15-14(18)8-10-16-13(17)7-6-12-5-4-11-19-12/h4-7,11H,2-3,8-10H2,1H3,(H,15,18)(H,16,17). The summed E-state index contributed by atoms with van der Waals surface area (Å²) in [5.41, 5.74) is 0. The van der Waals surface area contributed by atoms with Crippen LogP contribution in [-0.4, -0.2) is 24.9 Å². The number of hydrogen-bond acceptors (Lipinski definition) is 3. The number of carbonyl (C=O) groups excluding carboxylic acids is 2. The van der Waals surface area contributed by atoms with Gasteiger partial charge in [-0.25, -0.2) is 0 Å². The lowest BCUT2D eigenvalue weighted by atomic mass is 10.3. The summed E-state index contributed by atoms with van der Waals surface area (Å²) in [6.07, 6.45) is 6.82. The molecule has 1 heterocycles. The van der Waals surface area contributed by atoms with E-state index in [1.54, 1.807) is 18.2 Å². The molecule has 0 aliphatic rings. The predicted octanol–water partition coefficient (Wildman–Crippen LogP) is 1.72.